The number of rotatable bonds is 5. The van der Waals surface area contributed by atoms with E-state index in [0.717, 1.165) is 16.3 Å². The van der Waals surface area contributed by atoms with E-state index in [9.17, 15) is 9.59 Å². The molecule has 0 saturated carbocycles. The molecule has 0 aliphatic heterocycles. The second-order valence-corrected chi connectivity index (χ2v) is 6.34. The molecule has 0 saturated heterocycles. The van der Waals surface area contributed by atoms with Gasteiger partial charge in [0.15, 0.2) is 0 Å². The summed E-state index contributed by atoms with van der Waals surface area (Å²) in [4.78, 5) is 31.4. The molecule has 2 aromatic heterocycles. The number of amides is 2. The fraction of sp³-hybridized carbons (Fsp3) is 0.118. The Kier molecular flexibility index (Phi) is 4.43. The number of aryl methyl sites for hydroxylation is 1. The molecule has 2 amide bonds. The van der Waals surface area contributed by atoms with Gasteiger partial charge in [-0.1, -0.05) is 30.3 Å². The maximum absolute atomic E-state index is 12.4. The van der Waals surface area contributed by atoms with Gasteiger partial charge in [-0.3, -0.25) is 9.59 Å². The molecule has 1 unspecified atom stereocenters. The Morgan fingerprint density at radius 1 is 1.29 bits per heavy atom. The molecule has 1 atom stereocenters. The maximum atomic E-state index is 12.4. The minimum absolute atomic E-state index is 0.345. The van der Waals surface area contributed by atoms with E-state index in [0.29, 0.717) is 11.3 Å². The van der Waals surface area contributed by atoms with Gasteiger partial charge in [0, 0.05) is 17.1 Å². The van der Waals surface area contributed by atoms with Crippen LogP contribution in [-0.2, 0) is 4.79 Å². The Morgan fingerprint density at radius 3 is 2.67 bits per heavy atom. The molecule has 0 fully saturated rings. The summed E-state index contributed by atoms with van der Waals surface area (Å²) in [7, 11) is 0. The van der Waals surface area contributed by atoms with Crippen LogP contribution in [0.15, 0.2) is 48.0 Å². The second-order valence-electron chi connectivity index (χ2n) is 5.27. The predicted octanol–water partition coefficient (Wildman–Crippen LogP) is 2.40. The van der Waals surface area contributed by atoms with E-state index in [2.05, 4.69) is 15.3 Å². The lowest BCUT2D eigenvalue weighted by Crippen LogP contribution is -2.37. The van der Waals surface area contributed by atoms with Gasteiger partial charge in [-0.2, -0.15) is 0 Å². The van der Waals surface area contributed by atoms with Crippen LogP contribution >= 0.6 is 11.3 Å². The molecule has 0 bridgehead atoms. The fourth-order valence-corrected chi connectivity index (χ4v) is 2.96. The van der Waals surface area contributed by atoms with Crippen LogP contribution in [-0.4, -0.2) is 21.8 Å². The summed E-state index contributed by atoms with van der Waals surface area (Å²) in [5, 5.41) is 5.54. The fourth-order valence-electron chi connectivity index (χ4n) is 2.34. The number of aromatic amines is 1. The predicted molar refractivity (Wildman–Crippen MR) is 92.5 cm³/mol. The summed E-state index contributed by atoms with van der Waals surface area (Å²) in [6, 6.07) is 9.71. The summed E-state index contributed by atoms with van der Waals surface area (Å²) in [6.45, 7) is 1.92. The molecule has 122 valence electrons. The van der Waals surface area contributed by atoms with E-state index in [1.165, 1.54) is 0 Å². The van der Waals surface area contributed by atoms with Crippen molar-refractivity contribution in [3.63, 3.8) is 0 Å². The van der Waals surface area contributed by atoms with Gasteiger partial charge in [0.05, 0.1) is 10.7 Å². The Morgan fingerprint density at radius 2 is 2.04 bits per heavy atom. The van der Waals surface area contributed by atoms with Crippen molar-refractivity contribution in [1.29, 1.82) is 0 Å². The van der Waals surface area contributed by atoms with Crippen molar-refractivity contribution >= 4 is 23.2 Å². The molecule has 0 spiro atoms. The topological polar surface area (TPSA) is 101 Å². The number of carbonyl (C=O) groups excluding carboxylic acids is 2. The molecule has 1 aromatic carbocycles. The van der Waals surface area contributed by atoms with Gasteiger partial charge in [0.2, 0.25) is 5.91 Å². The van der Waals surface area contributed by atoms with Gasteiger partial charge in [-0.25, -0.2) is 4.98 Å². The molecule has 3 aromatic rings. The molecule has 7 heteroatoms. The van der Waals surface area contributed by atoms with E-state index >= 15 is 0 Å². The zero-order chi connectivity index (χ0) is 17.1. The molecule has 0 aliphatic carbocycles. The first kappa shape index (κ1) is 15.9. The number of hydrogen-bond donors (Lipinski definition) is 3. The number of H-pyrrole nitrogens is 1. The lowest BCUT2D eigenvalue weighted by molar-refractivity contribution is -0.120. The number of nitrogens with one attached hydrogen (secondary N) is 2. The van der Waals surface area contributed by atoms with E-state index in [1.807, 2.05) is 18.4 Å². The highest BCUT2D eigenvalue weighted by atomic mass is 32.1. The van der Waals surface area contributed by atoms with Crippen molar-refractivity contribution in [2.45, 2.75) is 13.0 Å². The lowest BCUT2D eigenvalue weighted by Gasteiger charge is -2.15. The largest absolute Gasteiger partial charge is 0.368 e. The van der Waals surface area contributed by atoms with E-state index in [-0.39, 0.29) is 0 Å². The Balaban J connectivity index is 1.79. The normalized spacial score (nSPS) is 11.9. The number of primary amides is 1. The van der Waals surface area contributed by atoms with Gasteiger partial charge < -0.3 is 16.0 Å². The van der Waals surface area contributed by atoms with Gasteiger partial charge in [-0.15, -0.1) is 11.3 Å². The summed E-state index contributed by atoms with van der Waals surface area (Å²) in [6.07, 6.45) is 1.71. The molecule has 24 heavy (non-hydrogen) atoms. The maximum Gasteiger partial charge on any atom is 0.268 e. The number of nitrogens with zero attached hydrogens (tertiary/aromatic N) is 1. The quantitative estimate of drug-likeness (QED) is 0.665. The third-order valence-corrected chi connectivity index (χ3v) is 4.31. The molecule has 0 radical (unpaired) electrons. The standard InChI is InChI=1S/C17H16N4O2S/c1-10-20-14(9-24-10)12-7-13(19-8-12)17(23)21-15(16(18)22)11-5-3-2-4-6-11/h2-9,15,19H,1H3,(H2,18,22)(H,21,23). The van der Waals surface area contributed by atoms with Crippen LogP contribution in [0.25, 0.3) is 11.3 Å². The average Bonchev–Trinajstić information content (AvgIpc) is 3.21. The highest BCUT2D eigenvalue weighted by Crippen LogP contribution is 2.22. The molecule has 2 heterocycles. The second kappa shape index (κ2) is 6.67. The summed E-state index contributed by atoms with van der Waals surface area (Å²) in [5.41, 5.74) is 8.03. The van der Waals surface area contributed by atoms with E-state index in [4.69, 9.17) is 5.73 Å². The van der Waals surface area contributed by atoms with Crippen LogP contribution in [0.5, 0.6) is 0 Å². The van der Waals surface area contributed by atoms with Crippen molar-refractivity contribution < 1.29 is 9.59 Å². The van der Waals surface area contributed by atoms with Crippen molar-refractivity contribution in [2.24, 2.45) is 5.73 Å². The van der Waals surface area contributed by atoms with Crippen molar-refractivity contribution in [3.05, 3.63) is 64.2 Å². The molecular formula is C17H16N4O2S. The number of thiazole rings is 1. The Bertz CT molecular complexity index is 870. The van der Waals surface area contributed by atoms with Crippen molar-refractivity contribution in [3.8, 4) is 11.3 Å². The third kappa shape index (κ3) is 3.36. The van der Waals surface area contributed by atoms with Crippen LogP contribution in [0.4, 0.5) is 0 Å². The first-order chi connectivity index (χ1) is 11.5. The highest BCUT2D eigenvalue weighted by Gasteiger charge is 2.21. The number of nitrogens with two attached hydrogens (primary N) is 1. The third-order valence-electron chi connectivity index (χ3n) is 3.54. The number of aromatic nitrogens is 2. The zero-order valence-corrected chi connectivity index (χ0v) is 13.8. The highest BCUT2D eigenvalue weighted by molar-refractivity contribution is 7.09. The van der Waals surface area contributed by atoms with Crippen LogP contribution < -0.4 is 11.1 Å². The monoisotopic (exact) mass is 340 g/mol. The van der Waals surface area contributed by atoms with Gasteiger partial charge in [-0.05, 0) is 18.6 Å². The van der Waals surface area contributed by atoms with Gasteiger partial charge >= 0.3 is 0 Å². The first-order valence-electron chi connectivity index (χ1n) is 7.30. The van der Waals surface area contributed by atoms with Crippen LogP contribution in [0, 0.1) is 6.92 Å². The average molecular weight is 340 g/mol. The van der Waals surface area contributed by atoms with Gasteiger partial charge in [0.1, 0.15) is 11.7 Å². The SMILES string of the molecule is Cc1nc(-c2c[nH]c(C(=O)NC(C(N)=O)c3ccccc3)c2)cs1. The molecule has 4 N–H and O–H groups in total. The van der Waals surface area contributed by atoms with E-state index in [1.54, 1.807) is 47.9 Å². The number of hydrogen-bond acceptors (Lipinski definition) is 4. The molecule has 0 aliphatic rings. The van der Waals surface area contributed by atoms with Crippen LogP contribution in [0.2, 0.25) is 0 Å². The lowest BCUT2D eigenvalue weighted by atomic mass is 10.1. The Labute approximate surface area is 142 Å². The Hall–Kier alpha value is -2.93. The number of benzene rings is 1. The van der Waals surface area contributed by atoms with Crippen molar-refractivity contribution in [1.82, 2.24) is 15.3 Å². The summed E-state index contributed by atoms with van der Waals surface area (Å²) < 4.78 is 0. The smallest absolute Gasteiger partial charge is 0.268 e. The molecule has 6 nitrogen and oxygen atoms in total. The minimum Gasteiger partial charge on any atom is -0.368 e. The zero-order valence-electron chi connectivity index (χ0n) is 12.9. The van der Waals surface area contributed by atoms with Gasteiger partial charge in [0.25, 0.3) is 5.91 Å². The van der Waals surface area contributed by atoms with Crippen LogP contribution in [0.1, 0.15) is 27.1 Å². The first-order valence-corrected chi connectivity index (χ1v) is 8.18. The molecule has 3 rings (SSSR count). The minimum atomic E-state index is -0.882. The summed E-state index contributed by atoms with van der Waals surface area (Å²) in [5.74, 6) is -1.02. The number of carbonyl (C=O) groups is 2. The molecular weight excluding hydrogens is 324 g/mol. The summed E-state index contributed by atoms with van der Waals surface area (Å²) >= 11 is 1.54. The van der Waals surface area contributed by atoms with Crippen molar-refractivity contribution in [2.75, 3.05) is 0 Å². The van der Waals surface area contributed by atoms with Crippen LogP contribution in [0.3, 0.4) is 0 Å². The van der Waals surface area contributed by atoms with E-state index < -0.39 is 17.9 Å².